The summed E-state index contributed by atoms with van der Waals surface area (Å²) in [6, 6.07) is 12.8. The Hall–Kier alpha value is -2.87. The number of hydrogen-bond acceptors (Lipinski definition) is 5. The summed E-state index contributed by atoms with van der Waals surface area (Å²) in [5, 5.41) is 2.52. The molecule has 3 rings (SSSR count). The molecular formula is C20H22N2O5S. The van der Waals surface area contributed by atoms with Crippen molar-refractivity contribution in [2.45, 2.75) is 31.2 Å². The molecule has 1 N–H and O–H groups in total. The third kappa shape index (κ3) is 3.87. The summed E-state index contributed by atoms with van der Waals surface area (Å²) in [6.07, 6.45) is 0.629. The standard InChI is InChI=1S/C20H22N2O5S/c1-3-21-19(23)13-27-20(24)16-8-6-9-17(12-16)28(25,26)22-14(2)11-15-7-4-5-10-18(15)22/h4-10,12,14H,3,11,13H2,1-2H3,(H,21,23)/t14-/m1/s1. The van der Waals surface area contributed by atoms with Crippen molar-refractivity contribution >= 4 is 27.6 Å². The molecule has 28 heavy (non-hydrogen) atoms. The Morgan fingerprint density at radius 1 is 1.18 bits per heavy atom. The van der Waals surface area contributed by atoms with E-state index >= 15 is 0 Å². The zero-order chi connectivity index (χ0) is 20.3. The lowest BCUT2D eigenvalue weighted by Gasteiger charge is -2.24. The number of nitrogens with one attached hydrogen (secondary N) is 1. The van der Waals surface area contributed by atoms with E-state index in [1.807, 2.05) is 19.1 Å². The van der Waals surface area contributed by atoms with Gasteiger partial charge in [-0.15, -0.1) is 0 Å². The van der Waals surface area contributed by atoms with Crippen LogP contribution in [0, 0.1) is 0 Å². The first-order chi connectivity index (χ1) is 13.3. The SMILES string of the molecule is CCNC(=O)COC(=O)c1cccc(S(=O)(=O)N2c3ccccc3C[C@H]2C)c1. The first-order valence-electron chi connectivity index (χ1n) is 9.00. The van der Waals surface area contributed by atoms with Gasteiger partial charge in [0.2, 0.25) is 0 Å². The normalized spacial score (nSPS) is 15.8. The number of likely N-dealkylation sites (N-methyl/N-ethyl adjacent to an activating group) is 1. The average Bonchev–Trinajstić information content (AvgIpc) is 3.02. The lowest BCUT2D eigenvalue weighted by Crippen LogP contribution is -2.35. The molecular weight excluding hydrogens is 380 g/mol. The van der Waals surface area contributed by atoms with Crippen molar-refractivity contribution in [3.05, 3.63) is 59.7 Å². The van der Waals surface area contributed by atoms with Crippen LogP contribution in [-0.2, 0) is 26.0 Å². The van der Waals surface area contributed by atoms with Crippen molar-refractivity contribution in [1.29, 1.82) is 0 Å². The number of carbonyl (C=O) groups is 2. The first-order valence-corrected chi connectivity index (χ1v) is 10.4. The highest BCUT2D eigenvalue weighted by Gasteiger charge is 2.36. The second-order valence-corrected chi connectivity index (χ2v) is 8.36. The van der Waals surface area contributed by atoms with Gasteiger partial charge < -0.3 is 10.1 Å². The third-order valence-electron chi connectivity index (χ3n) is 4.48. The van der Waals surface area contributed by atoms with Crippen LogP contribution in [0.3, 0.4) is 0 Å². The fourth-order valence-electron chi connectivity index (χ4n) is 3.26. The quantitative estimate of drug-likeness (QED) is 0.747. The van der Waals surface area contributed by atoms with E-state index in [0.717, 1.165) is 5.56 Å². The molecule has 2 aromatic carbocycles. The molecule has 1 amide bonds. The topological polar surface area (TPSA) is 92.8 Å². The van der Waals surface area contributed by atoms with Gasteiger partial charge in [-0.3, -0.25) is 9.10 Å². The van der Waals surface area contributed by atoms with Gasteiger partial charge in [-0.1, -0.05) is 24.3 Å². The van der Waals surface area contributed by atoms with Crippen LogP contribution in [0.4, 0.5) is 5.69 Å². The van der Waals surface area contributed by atoms with E-state index in [-0.39, 0.29) is 16.5 Å². The highest BCUT2D eigenvalue weighted by atomic mass is 32.2. The van der Waals surface area contributed by atoms with Gasteiger partial charge in [0.25, 0.3) is 15.9 Å². The summed E-state index contributed by atoms with van der Waals surface area (Å²) in [5.74, 6) is -1.17. The predicted molar refractivity (Wildman–Crippen MR) is 105 cm³/mol. The van der Waals surface area contributed by atoms with Crippen LogP contribution in [-0.4, -0.2) is 39.5 Å². The van der Waals surface area contributed by atoms with Crippen molar-refractivity contribution < 1.29 is 22.7 Å². The minimum Gasteiger partial charge on any atom is -0.452 e. The molecule has 0 saturated carbocycles. The van der Waals surface area contributed by atoms with Gasteiger partial charge in [-0.05, 0) is 50.1 Å². The fraction of sp³-hybridized carbons (Fsp3) is 0.300. The van der Waals surface area contributed by atoms with E-state index in [1.165, 1.54) is 28.6 Å². The number of hydrogen-bond donors (Lipinski definition) is 1. The van der Waals surface area contributed by atoms with Crippen LogP contribution in [0.5, 0.6) is 0 Å². The molecule has 148 valence electrons. The summed E-state index contributed by atoms with van der Waals surface area (Å²) >= 11 is 0. The Morgan fingerprint density at radius 2 is 1.93 bits per heavy atom. The minimum absolute atomic E-state index is 0.00325. The number of amides is 1. The zero-order valence-corrected chi connectivity index (χ0v) is 16.5. The number of anilines is 1. The molecule has 0 fully saturated rings. The van der Waals surface area contributed by atoms with Crippen molar-refractivity contribution in [1.82, 2.24) is 5.32 Å². The van der Waals surface area contributed by atoms with E-state index in [2.05, 4.69) is 5.32 Å². The van der Waals surface area contributed by atoms with Crippen LogP contribution in [0.2, 0.25) is 0 Å². The maximum absolute atomic E-state index is 13.2. The van der Waals surface area contributed by atoms with Gasteiger partial charge in [-0.25, -0.2) is 13.2 Å². The summed E-state index contributed by atoms with van der Waals surface area (Å²) in [4.78, 5) is 23.7. The molecule has 0 unspecified atom stereocenters. The number of rotatable bonds is 6. The van der Waals surface area contributed by atoms with Crippen LogP contribution in [0.1, 0.15) is 29.8 Å². The molecule has 0 aliphatic carbocycles. The average molecular weight is 402 g/mol. The summed E-state index contributed by atoms with van der Waals surface area (Å²) in [7, 11) is -3.85. The van der Waals surface area contributed by atoms with Crippen LogP contribution in [0.25, 0.3) is 0 Å². The smallest absolute Gasteiger partial charge is 0.338 e. The van der Waals surface area contributed by atoms with E-state index in [4.69, 9.17) is 4.74 Å². The van der Waals surface area contributed by atoms with Crippen LogP contribution >= 0.6 is 0 Å². The number of carbonyl (C=O) groups excluding carboxylic acids is 2. The molecule has 0 bridgehead atoms. The van der Waals surface area contributed by atoms with Crippen molar-refractivity contribution in [3.8, 4) is 0 Å². The van der Waals surface area contributed by atoms with Gasteiger partial charge in [0.15, 0.2) is 6.61 Å². The predicted octanol–water partition coefficient (Wildman–Crippen LogP) is 2.12. The number of ether oxygens (including phenoxy) is 1. The summed E-state index contributed by atoms with van der Waals surface area (Å²) < 4.78 is 32.8. The molecule has 0 aromatic heterocycles. The second kappa shape index (κ2) is 8.02. The van der Waals surface area contributed by atoms with Crippen LogP contribution in [0.15, 0.2) is 53.4 Å². The molecule has 8 heteroatoms. The lowest BCUT2D eigenvalue weighted by atomic mass is 10.1. The van der Waals surface area contributed by atoms with E-state index in [0.29, 0.717) is 18.7 Å². The maximum atomic E-state index is 13.2. The Morgan fingerprint density at radius 3 is 2.68 bits per heavy atom. The van der Waals surface area contributed by atoms with Gasteiger partial charge >= 0.3 is 5.97 Å². The summed E-state index contributed by atoms with van der Waals surface area (Å²) in [6.45, 7) is 3.62. The molecule has 7 nitrogen and oxygen atoms in total. The molecule has 0 spiro atoms. The van der Waals surface area contributed by atoms with Gasteiger partial charge in [0, 0.05) is 12.6 Å². The number of benzene rings is 2. The molecule has 2 aromatic rings. The molecule has 0 saturated heterocycles. The molecule has 1 heterocycles. The highest BCUT2D eigenvalue weighted by Crippen LogP contribution is 2.36. The van der Waals surface area contributed by atoms with Crippen molar-refractivity contribution in [3.63, 3.8) is 0 Å². The molecule has 0 radical (unpaired) electrons. The Labute approximate surface area is 164 Å². The maximum Gasteiger partial charge on any atom is 0.338 e. The zero-order valence-electron chi connectivity index (χ0n) is 15.7. The highest BCUT2D eigenvalue weighted by molar-refractivity contribution is 7.92. The van der Waals surface area contributed by atoms with Gasteiger partial charge in [-0.2, -0.15) is 0 Å². The Bertz CT molecular complexity index is 1000. The monoisotopic (exact) mass is 402 g/mol. The van der Waals surface area contributed by atoms with E-state index in [9.17, 15) is 18.0 Å². The second-order valence-electron chi connectivity index (χ2n) is 6.54. The minimum atomic E-state index is -3.85. The molecule has 1 aliphatic heterocycles. The summed E-state index contributed by atoms with van der Waals surface area (Å²) in [5.41, 5.74) is 1.70. The third-order valence-corrected chi connectivity index (χ3v) is 6.40. The van der Waals surface area contributed by atoms with Gasteiger partial charge in [0.05, 0.1) is 16.1 Å². The van der Waals surface area contributed by atoms with Crippen molar-refractivity contribution in [2.75, 3.05) is 17.5 Å². The first kappa shape index (κ1) is 19.9. The molecule has 1 atom stereocenters. The van der Waals surface area contributed by atoms with Crippen molar-refractivity contribution in [2.24, 2.45) is 0 Å². The largest absolute Gasteiger partial charge is 0.452 e. The fourth-order valence-corrected chi connectivity index (χ4v) is 5.00. The Balaban J connectivity index is 1.85. The van der Waals surface area contributed by atoms with E-state index < -0.39 is 28.5 Å². The van der Waals surface area contributed by atoms with E-state index in [1.54, 1.807) is 19.1 Å². The number of sulfonamides is 1. The number of para-hydroxylation sites is 1. The number of esters is 1. The lowest BCUT2D eigenvalue weighted by molar-refractivity contribution is -0.124. The number of nitrogens with zero attached hydrogens (tertiary/aromatic N) is 1. The number of fused-ring (bicyclic) bond motifs is 1. The van der Waals surface area contributed by atoms with Gasteiger partial charge in [0.1, 0.15) is 0 Å². The Kier molecular flexibility index (Phi) is 5.69. The van der Waals surface area contributed by atoms with Crippen LogP contribution < -0.4 is 9.62 Å². The molecule has 1 aliphatic rings.